The molecule has 1 aromatic rings. The molecule has 1 saturated heterocycles. The molecule has 0 amide bonds. The Labute approximate surface area is 127 Å². The maximum Gasteiger partial charge on any atom is 0.157 e. The van der Waals surface area contributed by atoms with Gasteiger partial charge in [-0.15, -0.1) is 0 Å². The Morgan fingerprint density at radius 2 is 1.81 bits per heavy atom. The molecule has 1 aromatic carbocycles. The summed E-state index contributed by atoms with van der Waals surface area (Å²) in [5, 5.41) is 0. The molecular weight excluding hydrogens is 268 g/mol. The molecule has 0 bridgehead atoms. The third-order valence-corrected chi connectivity index (χ3v) is 3.36. The van der Waals surface area contributed by atoms with E-state index < -0.39 is 0 Å². The molecule has 0 aromatic heterocycles. The van der Waals surface area contributed by atoms with Gasteiger partial charge in [-0.05, 0) is 31.2 Å². The average Bonchev–Trinajstić information content (AvgIpc) is 2.55. The van der Waals surface area contributed by atoms with E-state index in [2.05, 4.69) is 12.1 Å². The second kappa shape index (κ2) is 10.7. The van der Waals surface area contributed by atoms with Gasteiger partial charge in [-0.1, -0.05) is 30.3 Å². The van der Waals surface area contributed by atoms with Crippen molar-refractivity contribution >= 4 is 0 Å². The number of rotatable bonds is 10. The van der Waals surface area contributed by atoms with Crippen LogP contribution in [0.25, 0.3) is 0 Å². The van der Waals surface area contributed by atoms with Crippen LogP contribution in [0, 0.1) is 0 Å². The summed E-state index contributed by atoms with van der Waals surface area (Å²) < 4.78 is 22.2. The summed E-state index contributed by atoms with van der Waals surface area (Å²) in [7, 11) is 0. The van der Waals surface area contributed by atoms with Crippen LogP contribution in [0.3, 0.4) is 0 Å². The minimum Gasteiger partial charge on any atom is -0.379 e. The molecule has 21 heavy (non-hydrogen) atoms. The number of ether oxygens (including phenoxy) is 4. The molecule has 2 rings (SSSR count). The van der Waals surface area contributed by atoms with Crippen molar-refractivity contribution in [1.29, 1.82) is 0 Å². The Balaban J connectivity index is 1.35. The summed E-state index contributed by atoms with van der Waals surface area (Å²) in [5.41, 5.74) is 1.19. The predicted molar refractivity (Wildman–Crippen MR) is 81.1 cm³/mol. The Bertz CT molecular complexity index is 349. The number of hydrogen-bond donors (Lipinski definition) is 0. The molecular formula is C17H26O4. The first-order chi connectivity index (χ1) is 10.4. The fraction of sp³-hybridized carbons (Fsp3) is 0.647. The molecule has 0 radical (unpaired) electrons. The van der Waals surface area contributed by atoms with Gasteiger partial charge < -0.3 is 18.9 Å². The lowest BCUT2D eigenvalue weighted by atomic mass is 10.2. The van der Waals surface area contributed by atoms with Crippen LogP contribution in [-0.4, -0.2) is 39.3 Å². The lowest BCUT2D eigenvalue weighted by molar-refractivity contribution is -0.164. The quantitative estimate of drug-likeness (QED) is 0.621. The summed E-state index contributed by atoms with van der Waals surface area (Å²) in [5.74, 6) is 0. The molecule has 0 saturated carbocycles. The number of hydrogen-bond acceptors (Lipinski definition) is 4. The molecule has 118 valence electrons. The smallest absolute Gasteiger partial charge is 0.157 e. The van der Waals surface area contributed by atoms with E-state index in [0.717, 1.165) is 25.9 Å². The zero-order valence-electron chi connectivity index (χ0n) is 12.7. The van der Waals surface area contributed by atoms with Crippen LogP contribution < -0.4 is 0 Å². The van der Waals surface area contributed by atoms with E-state index >= 15 is 0 Å². The van der Waals surface area contributed by atoms with Gasteiger partial charge >= 0.3 is 0 Å². The van der Waals surface area contributed by atoms with E-state index in [0.29, 0.717) is 33.0 Å². The lowest BCUT2D eigenvalue weighted by Crippen LogP contribution is -2.23. The van der Waals surface area contributed by atoms with Gasteiger partial charge in [0.15, 0.2) is 6.29 Å². The minimum absolute atomic E-state index is 0.00737. The van der Waals surface area contributed by atoms with Gasteiger partial charge in [0, 0.05) is 13.2 Å². The Kier molecular flexibility index (Phi) is 8.40. The summed E-state index contributed by atoms with van der Waals surface area (Å²) in [6.45, 7) is 4.15. The van der Waals surface area contributed by atoms with Crippen LogP contribution >= 0.6 is 0 Å². The molecule has 4 heteroatoms. The van der Waals surface area contributed by atoms with Crippen molar-refractivity contribution in [3.05, 3.63) is 35.9 Å². The van der Waals surface area contributed by atoms with Gasteiger partial charge in [0.1, 0.15) is 0 Å². The van der Waals surface area contributed by atoms with E-state index in [1.807, 2.05) is 18.2 Å². The highest BCUT2D eigenvalue weighted by Crippen LogP contribution is 2.13. The van der Waals surface area contributed by atoms with E-state index in [1.165, 1.54) is 12.0 Å². The molecule has 0 N–H and O–H groups in total. The first-order valence-electron chi connectivity index (χ1n) is 7.88. The maximum absolute atomic E-state index is 5.64. The van der Waals surface area contributed by atoms with Crippen molar-refractivity contribution in [3.8, 4) is 0 Å². The molecule has 4 nitrogen and oxygen atoms in total. The van der Waals surface area contributed by atoms with Crippen molar-refractivity contribution in [3.63, 3.8) is 0 Å². The van der Waals surface area contributed by atoms with Gasteiger partial charge in [0.05, 0.1) is 26.4 Å². The SMILES string of the molecule is c1ccc(COCCOCCCOC2CCCCO2)cc1. The summed E-state index contributed by atoms with van der Waals surface area (Å²) in [6, 6.07) is 10.2. The first kappa shape index (κ1) is 16.4. The zero-order chi connectivity index (χ0) is 14.6. The molecule has 1 atom stereocenters. The third-order valence-electron chi connectivity index (χ3n) is 3.36. The van der Waals surface area contributed by atoms with E-state index in [-0.39, 0.29) is 6.29 Å². The van der Waals surface area contributed by atoms with E-state index in [9.17, 15) is 0 Å². The zero-order valence-corrected chi connectivity index (χ0v) is 12.7. The monoisotopic (exact) mass is 294 g/mol. The predicted octanol–water partition coefficient (Wildman–Crippen LogP) is 3.15. The Morgan fingerprint density at radius 1 is 0.952 bits per heavy atom. The van der Waals surface area contributed by atoms with E-state index in [1.54, 1.807) is 0 Å². The highest BCUT2D eigenvalue weighted by Gasteiger charge is 2.13. The van der Waals surface area contributed by atoms with Crippen LogP contribution in [0.2, 0.25) is 0 Å². The van der Waals surface area contributed by atoms with Crippen LogP contribution in [-0.2, 0) is 25.6 Å². The van der Waals surface area contributed by atoms with Crippen LogP contribution in [0.15, 0.2) is 30.3 Å². The molecule has 1 aliphatic heterocycles. The molecule has 0 aliphatic carbocycles. The van der Waals surface area contributed by atoms with Crippen molar-refractivity contribution < 1.29 is 18.9 Å². The van der Waals surface area contributed by atoms with Crippen molar-refractivity contribution in [2.75, 3.05) is 33.0 Å². The van der Waals surface area contributed by atoms with Gasteiger partial charge in [0.2, 0.25) is 0 Å². The second-order valence-corrected chi connectivity index (χ2v) is 5.17. The molecule has 0 spiro atoms. The average molecular weight is 294 g/mol. The lowest BCUT2D eigenvalue weighted by Gasteiger charge is -2.22. The highest BCUT2D eigenvalue weighted by molar-refractivity contribution is 5.13. The Morgan fingerprint density at radius 3 is 2.62 bits per heavy atom. The van der Waals surface area contributed by atoms with Crippen LogP contribution in [0.4, 0.5) is 0 Å². The maximum atomic E-state index is 5.64. The first-order valence-corrected chi connectivity index (χ1v) is 7.88. The fourth-order valence-corrected chi connectivity index (χ4v) is 2.20. The van der Waals surface area contributed by atoms with Gasteiger partial charge in [-0.3, -0.25) is 0 Å². The summed E-state index contributed by atoms with van der Waals surface area (Å²) >= 11 is 0. The summed E-state index contributed by atoms with van der Waals surface area (Å²) in [4.78, 5) is 0. The molecule has 1 aliphatic rings. The van der Waals surface area contributed by atoms with Crippen molar-refractivity contribution in [1.82, 2.24) is 0 Å². The van der Waals surface area contributed by atoms with E-state index in [4.69, 9.17) is 18.9 Å². The fourth-order valence-electron chi connectivity index (χ4n) is 2.20. The van der Waals surface area contributed by atoms with Crippen molar-refractivity contribution in [2.45, 2.75) is 38.6 Å². The standard InChI is InChI=1S/C17H26O4/c1-2-7-16(8-3-1)15-19-14-13-18-10-6-12-21-17-9-4-5-11-20-17/h1-3,7-8,17H,4-6,9-15H2. The molecule has 1 fully saturated rings. The second-order valence-electron chi connectivity index (χ2n) is 5.17. The van der Waals surface area contributed by atoms with Crippen molar-refractivity contribution in [2.24, 2.45) is 0 Å². The normalized spacial score (nSPS) is 18.8. The van der Waals surface area contributed by atoms with Crippen LogP contribution in [0.5, 0.6) is 0 Å². The minimum atomic E-state index is 0.00737. The Hall–Kier alpha value is -0.940. The number of benzene rings is 1. The topological polar surface area (TPSA) is 36.9 Å². The van der Waals surface area contributed by atoms with Gasteiger partial charge in [-0.25, -0.2) is 0 Å². The highest BCUT2D eigenvalue weighted by atomic mass is 16.7. The largest absolute Gasteiger partial charge is 0.379 e. The third kappa shape index (κ3) is 7.58. The van der Waals surface area contributed by atoms with Crippen LogP contribution in [0.1, 0.15) is 31.2 Å². The molecule has 1 unspecified atom stereocenters. The summed E-state index contributed by atoms with van der Waals surface area (Å²) in [6.07, 6.45) is 4.30. The van der Waals surface area contributed by atoms with Gasteiger partial charge in [-0.2, -0.15) is 0 Å². The molecule has 1 heterocycles. The van der Waals surface area contributed by atoms with Gasteiger partial charge in [0.25, 0.3) is 0 Å².